The fourth-order valence-corrected chi connectivity index (χ4v) is 5.55. The smallest absolute Gasteiger partial charge is 0.281 e. The Morgan fingerprint density at radius 2 is 1.65 bits per heavy atom. The zero-order valence-corrected chi connectivity index (χ0v) is 21.6. The molecule has 0 aliphatic rings. The van der Waals surface area contributed by atoms with Crippen molar-refractivity contribution in [3.05, 3.63) is 46.0 Å². The van der Waals surface area contributed by atoms with Gasteiger partial charge in [0, 0.05) is 32.3 Å². The van der Waals surface area contributed by atoms with Crippen LogP contribution in [0.1, 0.15) is 0 Å². The van der Waals surface area contributed by atoms with Crippen LogP contribution >= 0.6 is 69.5 Å². The summed E-state index contributed by atoms with van der Waals surface area (Å²) in [5, 5.41) is 33.3. The van der Waals surface area contributed by atoms with E-state index in [1.807, 2.05) is 0 Å². The summed E-state index contributed by atoms with van der Waals surface area (Å²) < 4.78 is 11.8. The normalized spacial score (nSPS) is 11.1. The van der Waals surface area contributed by atoms with Crippen LogP contribution < -0.4 is 24.3 Å². The van der Waals surface area contributed by atoms with Crippen LogP contribution in [-0.2, 0) is 0 Å². The average Bonchev–Trinajstić information content (AvgIpc) is 3.42. The summed E-state index contributed by atoms with van der Waals surface area (Å²) in [7, 11) is 2.11. The quantitative estimate of drug-likeness (QED) is 0.0489. The number of hydrogen-bond donors (Lipinski definition) is 3. The van der Waals surface area contributed by atoms with Crippen LogP contribution in [0.25, 0.3) is 0 Å². The van der Waals surface area contributed by atoms with Crippen molar-refractivity contribution in [2.45, 2.75) is 20.1 Å². The molecule has 0 saturated heterocycles. The van der Waals surface area contributed by atoms with Gasteiger partial charge in [-0.05, 0) is 0 Å². The van der Waals surface area contributed by atoms with Crippen molar-refractivity contribution >= 4 is 87.6 Å². The molecule has 18 heteroatoms. The number of hydrogen-bond acceptors (Lipinski definition) is 16. The molecule has 0 aliphatic heterocycles. The van der Waals surface area contributed by atoms with Crippen LogP contribution in [-0.4, -0.2) is 33.1 Å². The zero-order chi connectivity index (χ0) is 23.9. The number of thiazole rings is 2. The first kappa shape index (κ1) is 24.6. The van der Waals surface area contributed by atoms with E-state index in [1.54, 1.807) is 10.8 Å². The molecular weight excluding hydrogens is 561 g/mol. The molecule has 4 aromatic rings. The maximum atomic E-state index is 12.3. The van der Waals surface area contributed by atoms with E-state index in [9.17, 15) is 10.4 Å². The van der Waals surface area contributed by atoms with Crippen LogP contribution in [0.5, 0.6) is 10.4 Å². The highest BCUT2D eigenvalue weighted by molar-refractivity contribution is 8.76. The first-order valence-electron chi connectivity index (χ1n) is 8.84. The third kappa shape index (κ3) is 7.00. The Labute approximate surface area is 218 Å². The average molecular weight is 573 g/mol. The highest BCUT2D eigenvalue weighted by atomic mass is 33.1. The monoisotopic (exact) mass is 572 g/mol. The molecule has 34 heavy (non-hydrogen) atoms. The van der Waals surface area contributed by atoms with Gasteiger partial charge in [-0.1, -0.05) is 22.7 Å². The van der Waals surface area contributed by atoms with Crippen molar-refractivity contribution in [2.75, 3.05) is 12.0 Å². The SMILES string of the molecule is [O-][n+]1cc(N=COc2nc(S)cs2)ncc1SSc1cnc(NCOc2nc(S)cs2)c[n+]1[O-]. The fourth-order valence-electron chi connectivity index (χ4n) is 2.05. The Morgan fingerprint density at radius 3 is 2.26 bits per heavy atom. The van der Waals surface area contributed by atoms with Gasteiger partial charge in [-0.2, -0.15) is 24.4 Å². The van der Waals surface area contributed by atoms with Gasteiger partial charge in [0.05, 0.1) is 0 Å². The topological polar surface area (TPSA) is 148 Å². The molecule has 0 aliphatic carbocycles. The van der Waals surface area contributed by atoms with Gasteiger partial charge in [0.1, 0.15) is 22.4 Å². The number of aromatic nitrogens is 6. The number of nitrogens with one attached hydrogen (secondary N) is 1. The second kappa shape index (κ2) is 11.8. The van der Waals surface area contributed by atoms with Gasteiger partial charge in [0.15, 0.2) is 18.9 Å². The minimum Gasteiger partial charge on any atom is -0.618 e. The van der Waals surface area contributed by atoms with E-state index >= 15 is 0 Å². The number of anilines is 1. The largest absolute Gasteiger partial charge is 0.618 e. The highest BCUT2D eigenvalue weighted by Gasteiger charge is 2.15. The molecule has 0 atom stereocenters. The van der Waals surface area contributed by atoms with E-state index in [2.05, 4.69) is 55.5 Å². The molecule has 4 heterocycles. The second-order valence-corrected chi connectivity index (χ2v) is 10.5. The molecule has 0 radical (unpaired) electrons. The Kier molecular flexibility index (Phi) is 8.51. The minimum atomic E-state index is 0.0801. The summed E-state index contributed by atoms with van der Waals surface area (Å²) >= 11 is 10.8. The highest BCUT2D eigenvalue weighted by Crippen LogP contribution is 2.33. The summed E-state index contributed by atoms with van der Waals surface area (Å²) in [5.41, 5.74) is 0. The van der Waals surface area contributed by atoms with Crippen molar-refractivity contribution in [2.24, 2.45) is 4.99 Å². The zero-order valence-electron chi connectivity index (χ0n) is 16.5. The Balaban J connectivity index is 1.28. The van der Waals surface area contributed by atoms with E-state index < -0.39 is 0 Å². The summed E-state index contributed by atoms with van der Waals surface area (Å²) in [6.07, 6.45) is 6.31. The number of aliphatic imine (C=N–C) groups is 1. The van der Waals surface area contributed by atoms with E-state index in [0.29, 0.717) is 35.7 Å². The molecule has 0 bridgehead atoms. The molecule has 4 rings (SSSR count). The summed E-state index contributed by atoms with van der Waals surface area (Å²) in [6, 6.07) is 0. The van der Waals surface area contributed by atoms with Gasteiger partial charge >= 0.3 is 0 Å². The molecule has 0 fully saturated rings. The van der Waals surface area contributed by atoms with Gasteiger partial charge in [-0.25, -0.2) is 9.97 Å². The lowest BCUT2D eigenvalue weighted by molar-refractivity contribution is -0.646. The van der Waals surface area contributed by atoms with Crippen LogP contribution in [0, 0.1) is 10.4 Å². The first-order chi connectivity index (χ1) is 16.5. The Hall–Kier alpha value is -2.51. The van der Waals surface area contributed by atoms with Gasteiger partial charge in [0.2, 0.25) is 18.2 Å². The number of rotatable bonds is 10. The lowest BCUT2D eigenvalue weighted by Gasteiger charge is -2.07. The fraction of sp³-hybridized carbons (Fsp3) is 0.0625. The third-order valence-corrected chi connectivity index (χ3v) is 8.03. The van der Waals surface area contributed by atoms with Crippen molar-refractivity contribution in [3.63, 3.8) is 0 Å². The van der Waals surface area contributed by atoms with E-state index in [0.717, 1.165) is 28.0 Å². The maximum Gasteiger partial charge on any atom is 0.281 e. The van der Waals surface area contributed by atoms with Crippen molar-refractivity contribution in [1.29, 1.82) is 0 Å². The molecule has 0 amide bonds. The molecule has 12 nitrogen and oxygen atoms in total. The molecule has 0 unspecified atom stereocenters. The number of nitrogens with zero attached hydrogens (tertiary/aromatic N) is 7. The van der Waals surface area contributed by atoms with Crippen molar-refractivity contribution < 1.29 is 18.9 Å². The summed E-state index contributed by atoms with van der Waals surface area (Å²) in [5.74, 6) is 0.467. The van der Waals surface area contributed by atoms with Crippen LogP contribution in [0.4, 0.5) is 11.6 Å². The minimum absolute atomic E-state index is 0.0801. The van der Waals surface area contributed by atoms with Gasteiger partial charge in [-0.15, -0.1) is 25.3 Å². The lowest BCUT2D eigenvalue weighted by atomic mass is 10.6. The number of ether oxygens (including phenoxy) is 2. The van der Waals surface area contributed by atoms with Gasteiger partial charge in [0.25, 0.3) is 20.4 Å². The lowest BCUT2D eigenvalue weighted by Crippen LogP contribution is -2.30. The summed E-state index contributed by atoms with van der Waals surface area (Å²) in [6.45, 7) is 0.0801. The number of thiol groups is 2. The Morgan fingerprint density at radius 1 is 1.00 bits per heavy atom. The van der Waals surface area contributed by atoms with Crippen LogP contribution in [0.15, 0.2) is 60.6 Å². The first-order valence-corrected chi connectivity index (χ1v) is 13.6. The van der Waals surface area contributed by atoms with E-state index in [4.69, 9.17) is 9.47 Å². The molecule has 176 valence electrons. The summed E-state index contributed by atoms with van der Waals surface area (Å²) in [4.78, 5) is 20.2. The van der Waals surface area contributed by atoms with Gasteiger partial charge in [-0.3, -0.25) is 0 Å². The maximum absolute atomic E-state index is 12.3. The predicted molar refractivity (Wildman–Crippen MR) is 135 cm³/mol. The standard InChI is InChI=1S/C16H12N8O4S6/c25-23-3-9(19-7-27-15-21-11(29)5-31-15)17-1-13(23)33-34-14-2-18-10(4-24(14)26)20-8-28-16-22-12(30)6-32-16/h1-7,29-30H,8H2,(H,18,20). The molecule has 0 aromatic carbocycles. The molecule has 4 aromatic heterocycles. The third-order valence-electron chi connectivity index (χ3n) is 3.47. The second-order valence-electron chi connectivity index (χ2n) is 5.77. The van der Waals surface area contributed by atoms with Gasteiger partial charge < -0.3 is 25.2 Å². The van der Waals surface area contributed by atoms with Crippen LogP contribution in [0.3, 0.4) is 0 Å². The molecule has 1 N–H and O–H groups in total. The van der Waals surface area contributed by atoms with Crippen molar-refractivity contribution in [1.82, 2.24) is 19.9 Å². The molecule has 0 spiro atoms. The van der Waals surface area contributed by atoms with Crippen LogP contribution in [0.2, 0.25) is 0 Å². The molecular formula is C16H12N8O4S6. The van der Waals surface area contributed by atoms with Crippen molar-refractivity contribution in [3.8, 4) is 10.4 Å². The molecule has 0 saturated carbocycles. The predicted octanol–water partition coefficient (Wildman–Crippen LogP) is 3.22. The van der Waals surface area contributed by atoms with E-state index in [-0.39, 0.29) is 22.6 Å². The Bertz CT molecular complexity index is 1300. The van der Waals surface area contributed by atoms with E-state index in [1.165, 1.54) is 47.5 Å².